The van der Waals surface area contributed by atoms with Crippen molar-refractivity contribution < 1.29 is 4.79 Å². The largest absolute Gasteiger partial charge is 0.356 e. The highest BCUT2D eigenvalue weighted by Crippen LogP contribution is 2.52. The number of carbonyl (C=O) groups excluding carboxylic acids is 1. The minimum Gasteiger partial charge on any atom is -0.356 e. The highest BCUT2D eigenvalue weighted by Gasteiger charge is 2.52. The first kappa shape index (κ1) is 22.8. The van der Waals surface area contributed by atoms with E-state index in [1.54, 1.807) is 11.3 Å². The maximum atomic E-state index is 14.3. The van der Waals surface area contributed by atoms with Crippen LogP contribution >= 0.6 is 11.3 Å². The van der Waals surface area contributed by atoms with Crippen LogP contribution in [0.4, 0.5) is 0 Å². The third kappa shape index (κ3) is 3.41. The second-order valence-electron chi connectivity index (χ2n) is 10.6. The van der Waals surface area contributed by atoms with Crippen LogP contribution in [-0.4, -0.2) is 29.4 Å². The van der Waals surface area contributed by atoms with Crippen molar-refractivity contribution >= 4 is 38.2 Å². The molecule has 0 bridgehead atoms. The molecular formula is C32H31N3OS. The van der Waals surface area contributed by atoms with Crippen LogP contribution in [0.5, 0.6) is 0 Å². The number of rotatable bonds is 3. The van der Waals surface area contributed by atoms with Crippen molar-refractivity contribution in [3.63, 3.8) is 0 Å². The van der Waals surface area contributed by atoms with Gasteiger partial charge in [0.2, 0.25) is 0 Å². The number of amides is 1. The summed E-state index contributed by atoms with van der Waals surface area (Å²) in [7, 11) is 2.08. The van der Waals surface area contributed by atoms with E-state index >= 15 is 0 Å². The van der Waals surface area contributed by atoms with Crippen LogP contribution in [0.3, 0.4) is 0 Å². The van der Waals surface area contributed by atoms with E-state index < -0.39 is 0 Å². The molecule has 0 radical (unpaired) electrons. The molecule has 5 heteroatoms. The van der Waals surface area contributed by atoms with Gasteiger partial charge in [-0.05, 0) is 73.9 Å². The highest BCUT2D eigenvalue weighted by molar-refractivity contribution is 7.20. The molecular weight excluding hydrogens is 474 g/mol. The molecule has 7 rings (SSSR count). The van der Waals surface area contributed by atoms with Crippen molar-refractivity contribution in [1.82, 2.24) is 15.2 Å². The number of benzene rings is 3. The third-order valence-electron chi connectivity index (χ3n) is 9.00. The fourth-order valence-corrected chi connectivity index (χ4v) is 8.01. The van der Waals surface area contributed by atoms with Crippen molar-refractivity contribution in [3.05, 3.63) is 107 Å². The molecule has 5 aromatic rings. The van der Waals surface area contributed by atoms with Crippen LogP contribution in [0.15, 0.2) is 84.9 Å². The normalized spacial score (nSPS) is 23.5. The lowest BCUT2D eigenvalue weighted by Gasteiger charge is -2.53. The Balaban J connectivity index is 1.34. The summed E-state index contributed by atoms with van der Waals surface area (Å²) in [6.07, 6.45) is 4.66. The number of thiophene rings is 1. The van der Waals surface area contributed by atoms with Gasteiger partial charge in [-0.1, -0.05) is 66.7 Å². The summed E-state index contributed by atoms with van der Waals surface area (Å²) < 4.78 is 1.17. The molecule has 0 atom stereocenters. The van der Waals surface area contributed by atoms with Gasteiger partial charge in [0.15, 0.2) is 0 Å². The first-order valence-corrected chi connectivity index (χ1v) is 14.1. The lowest BCUT2D eigenvalue weighted by atomic mass is 9.65. The van der Waals surface area contributed by atoms with E-state index in [-0.39, 0.29) is 17.0 Å². The van der Waals surface area contributed by atoms with E-state index in [0.29, 0.717) is 0 Å². The van der Waals surface area contributed by atoms with E-state index in [9.17, 15) is 4.79 Å². The number of H-pyrrole nitrogens is 1. The molecule has 2 aromatic heterocycles. The van der Waals surface area contributed by atoms with Gasteiger partial charge >= 0.3 is 0 Å². The van der Waals surface area contributed by atoms with Gasteiger partial charge in [-0.25, -0.2) is 0 Å². The summed E-state index contributed by atoms with van der Waals surface area (Å²) in [5.41, 5.74) is 4.75. The van der Waals surface area contributed by atoms with E-state index in [2.05, 4.69) is 95.0 Å². The predicted molar refractivity (Wildman–Crippen MR) is 152 cm³/mol. The molecule has 2 N–H and O–H groups in total. The maximum absolute atomic E-state index is 14.3. The average Bonchev–Trinajstić information content (AvgIpc) is 3.57. The van der Waals surface area contributed by atoms with Gasteiger partial charge in [0.25, 0.3) is 5.91 Å². The number of fused-ring (bicyclic) bond motifs is 5. The molecule has 4 nitrogen and oxygen atoms in total. The van der Waals surface area contributed by atoms with Crippen LogP contribution in [0, 0.1) is 0 Å². The van der Waals surface area contributed by atoms with E-state index in [0.717, 1.165) is 48.9 Å². The molecule has 1 aliphatic carbocycles. The van der Waals surface area contributed by atoms with Crippen LogP contribution in [0.2, 0.25) is 0 Å². The van der Waals surface area contributed by atoms with Crippen LogP contribution in [0.1, 0.15) is 52.2 Å². The quantitative estimate of drug-likeness (QED) is 0.278. The summed E-state index contributed by atoms with van der Waals surface area (Å²) >= 11 is 1.62. The van der Waals surface area contributed by atoms with Crippen molar-refractivity contribution in [2.75, 3.05) is 13.6 Å². The van der Waals surface area contributed by atoms with Crippen molar-refractivity contribution in [3.8, 4) is 0 Å². The Kier molecular flexibility index (Phi) is 5.27. The minimum absolute atomic E-state index is 0.0809. The van der Waals surface area contributed by atoms with E-state index in [4.69, 9.17) is 0 Å². The molecule has 186 valence electrons. The van der Waals surface area contributed by atoms with Gasteiger partial charge in [-0.15, -0.1) is 11.3 Å². The zero-order valence-corrected chi connectivity index (χ0v) is 21.9. The fourth-order valence-electron chi connectivity index (χ4n) is 7.00. The number of nitrogens with one attached hydrogen (secondary N) is 2. The zero-order chi connectivity index (χ0) is 25.0. The Labute approximate surface area is 221 Å². The third-order valence-corrected chi connectivity index (χ3v) is 10.1. The van der Waals surface area contributed by atoms with Crippen molar-refractivity contribution in [1.29, 1.82) is 0 Å². The molecule has 1 spiro atoms. The Morgan fingerprint density at radius 2 is 1.65 bits per heavy atom. The zero-order valence-electron chi connectivity index (χ0n) is 21.1. The average molecular weight is 506 g/mol. The second-order valence-corrected chi connectivity index (χ2v) is 11.7. The fraction of sp³-hybridized carbons (Fsp3) is 0.281. The number of para-hydroxylation sites is 1. The topological polar surface area (TPSA) is 48.1 Å². The molecule has 3 heterocycles. The molecule has 1 saturated carbocycles. The Morgan fingerprint density at radius 3 is 2.43 bits per heavy atom. The number of hydrogen-bond donors (Lipinski definition) is 2. The summed E-state index contributed by atoms with van der Waals surface area (Å²) in [6.45, 7) is 0.750. The summed E-state index contributed by atoms with van der Waals surface area (Å²) in [5, 5.41) is 6.14. The predicted octanol–water partition coefficient (Wildman–Crippen LogP) is 6.97. The second kappa shape index (κ2) is 8.57. The van der Waals surface area contributed by atoms with Crippen LogP contribution < -0.4 is 5.32 Å². The Morgan fingerprint density at radius 1 is 0.919 bits per heavy atom. The standard InChI is InChI=1S/C32H31N3OS/c1-33-31(23-10-3-2-4-11-23)16-18-32(19-17-31)29-25(24-12-6-7-13-26(24)34-29)15-20-35(32)30(36)28-21-22-9-5-8-14-27(22)37-28/h2-14,21,33-34H,15-20H2,1H3. The first-order valence-electron chi connectivity index (χ1n) is 13.3. The smallest absolute Gasteiger partial charge is 0.264 e. The van der Waals surface area contributed by atoms with Crippen molar-refractivity contribution in [2.24, 2.45) is 0 Å². The number of aromatic amines is 1. The maximum Gasteiger partial charge on any atom is 0.264 e. The highest BCUT2D eigenvalue weighted by atomic mass is 32.1. The van der Waals surface area contributed by atoms with Crippen LogP contribution in [0.25, 0.3) is 21.0 Å². The minimum atomic E-state index is -0.338. The first-order chi connectivity index (χ1) is 18.1. The van der Waals surface area contributed by atoms with Gasteiger partial charge in [0, 0.05) is 33.4 Å². The molecule has 2 aliphatic rings. The lowest BCUT2D eigenvalue weighted by molar-refractivity contribution is 0.00981. The van der Waals surface area contributed by atoms with Crippen LogP contribution in [-0.2, 0) is 17.5 Å². The molecule has 1 amide bonds. The summed E-state index contributed by atoms with van der Waals surface area (Å²) in [4.78, 5) is 21.2. The monoisotopic (exact) mass is 505 g/mol. The SMILES string of the molecule is CNC1(c2ccccc2)CCC2(CC1)c1[nH]c3ccccc3c1CCN2C(=O)c1cc2ccccc2s1. The van der Waals surface area contributed by atoms with Gasteiger partial charge in [0.1, 0.15) is 0 Å². The Hall–Kier alpha value is -3.41. The van der Waals surface area contributed by atoms with Gasteiger partial charge < -0.3 is 15.2 Å². The molecule has 0 saturated heterocycles. The van der Waals surface area contributed by atoms with E-state index in [1.807, 2.05) is 12.1 Å². The molecule has 0 unspecified atom stereocenters. The van der Waals surface area contributed by atoms with Gasteiger partial charge in [-0.2, -0.15) is 0 Å². The number of hydrogen-bond acceptors (Lipinski definition) is 3. The Bertz CT molecular complexity index is 1570. The van der Waals surface area contributed by atoms with Gasteiger partial charge in [0.05, 0.1) is 10.4 Å². The number of nitrogens with zero attached hydrogens (tertiary/aromatic N) is 1. The molecule has 1 fully saturated rings. The van der Waals surface area contributed by atoms with Gasteiger partial charge in [-0.3, -0.25) is 4.79 Å². The number of aromatic nitrogens is 1. The summed E-state index contributed by atoms with van der Waals surface area (Å²) in [5.74, 6) is 0.169. The lowest BCUT2D eigenvalue weighted by Crippen LogP contribution is -2.58. The van der Waals surface area contributed by atoms with Crippen molar-refractivity contribution in [2.45, 2.75) is 43.2 Å². The van der Waals surface area contributed by atoms with E-state index in [1.165, 1.54) is 32.4 Å². The molecule has 37 heavy (non-hydrogen) atoms. The molecule has 1 aliphatic heterocycles. The molecule has 3 aromatic carbocycles. The summed E-state index contributed by atoms with van der Waals surface area (Å²) in [6, 6.07) is 29.8. The number of carbonyl (C=O) groups is 1.